The number of thiophene rings is 1. The third-order valence-corrected chi connectivity index (χ3v) is 7.20. The first kappa shape index (κ1) is 25.4. The first-order chi connectivity index (χ1) is 15.5. The Bertz CT molecular complexity index is 961. The Hall–Kier alpha value is -2.21. The van der Waals surface area contributed by atoms with Crippen molar-refractivity contribution in [2.75, 3.05) is 13.1 Å². The molecule has 1 aliphatic rings. The van der Waals surface area contributed by atoms with E-state index in [1.165, 1.54) is 17.0 Å². The second kappa shape index (κ2) is 10.4. The van der Waals surface area contributed by atoms with E-state index in [0.717, 1.165) is 24.0 Å². The first-order valence-corrected chi connectivity index (χ1v) is 12.7. The van der Waals surface area contributed by atoms with Crippen molar-refractivity contribution in [3.05, 3.63) is 57.5 Å². The molecule has 2 atom stereocenters. The Morgan fingerprint density at radius 3 is 2.42 bits per heavy atom. The molecule has 0 radical (unpaired) electrons. The predicted octanol–water partition coefficient (Wildman–Crippen LogP) is 6.06. The van der Waals surface area contributed by atoms with Crippen molar-refractivity contribution in [1.82, 2.24) is 9.80 Å². The number of rotatable bonds is 7. The van der Waals surface area contributed by atoms with Crippen LogP contribution in [0.5, 0.6) is 0 Å². The zero-order valence-electron chi connectivity index (χ0n) is 20.7. The molecule has 0 N–H and O–H groups in total. The minimum Gasteiger partial charge on any atom is -0.331 e. The summed E-state index contributed by atoms with van der Waals surface area (Å²) in [4.78, 5) is 31.6. The number of hydrogen-bond acceptors (Lipinski definition) is 3. The molecule has 33 heavy (non-hydrogen) atoms. The van der Waals surface area contributed by atoms with Gasteiger partial charge in [0.15, 0.2) is 0 Å². The van der Waals surface area contributed by atoms with E-state index in [1.54, 1.807) is 28.4 Å². The largest absolute Gasteiger partial charge is 0.331 e. The molecule has 2 amide bonds. The summed E-state index contributed by atoms with van der Waals surface area (Å²) in [7, 11) is 0. The summed E-state index contributed by atoms with van der Waals surface area (Å²) < 4.78 is 13.6. The van der Waals surface area contributed by atoms with Gasteiger partial charge in [0.05, 0.1) is 6.04 Å². The van der Waals surface area contributed by atoms with Gasteiger partial charge in [-0.25, -0.2) is 4.39 Å². The van der Waals surface area contributed by atoms with Gasteiger partial charge in [-0.15, -0.1) is 11.3 Å². The molecule has 0 fully saturated rings. The lowest BCUT2D eigenvalue weighted by Crippen LogP contribution is -2.48. The molecule has 1 aliphatic heterocycles. The van der Waals surface area contributed by atoms with Gasteiger partial charge in [-0.3, -0.25) is 9.59 Å². The molecule has 0 saturated heterocycles. The molecular formula is C27H37FN2O2S. The lowest BCUT2D eigenvalue weighted by atomic mass is 9.84. The standard InChI is InChI=1S/C27H37FN2O2S/c1-18(2)30(24(31)15-19(3)16-27(4,5)6)17-25(32)29-13-11-23-22(12-14-33-23)26(29)20-7-9-21(28)10-8-20/h7-10,12,14,18-19,26H,11,13,15-17H2,1-6H3. The van der Waals surface area contributed by atoms with Crippen LogP contribution in [0.25, 0.3) is 0 Å². The second-order valence-corrected chi connectivity index (χ2v) is 11.8. The molecule has 1 aromatic heterocycles. The van der Waals surface area contributed by atoms with Gasteiger partial charge in [-0.1, -0.05) is 39.8 Å². The van der Waals surface area contributed by atoms with Crippen molar-refractivity contribution in [2.24, 2.45) is 11.3 Å². The molecule has 180 valence electrons. The highest BCUT2D eigenvalue weighted by molar-refractivity contribution is 7.10. The normalized spacial score (nSPS) is 17.1. The van der Waals surface area contributed by atoms with Crippen LogP contribution in [-0.2, 0) is 16.0 Å². The summed E-state index contributed by atoms with van der Waals surface area (Å²) >= 11 is 1.70. The van der Waals surface area contributed by atoms with Crippen LogP contribution in [-0.4, -0.2) is 40.7 Å². The fraction of sp³-hybridized carbons (Fsp3) is 0.556. The van der Waals surface area contributed by atoms with Gasteiger partial charge in [0, 0.05) is 23.9 Å². The van der Waals surface area contributed by atoms with Crippen molar-refractivity contribution >= 4 is 23.2 Å². The summed E-state index contributed by atoms with van der Waals surface area (Å²) in [5, 5.41) is 2.05. The highest BCUT2D eigenvalue weighted by Crippen LogP contribution is 2.38. The van der Waals surface area contributed by atoms with Crippen LogP contribution in [0.2, 0.25) is 0 Å². The summed E-state index contributed by atoms with van der Waals surface area (Å²) in [6, 6.07) is 8.15. The van der Waals surface area contributed by atoms with Gasteiger partial charge in [-0.05, 0) is 72.7 Å². The molecule has 2 aromatic rings. The van der Waals surface area contributed by atoms with Gasteiger partial charge < -0.3 is 9.80 Å². The highest BCUT2D eigenvalue weighted by Gasteiger charge is 2.34. The van der Waals surface area contributed by atoms with E-state index >= 15 is 0 Å². The molecule has 4 nitrogen and oxygen atoms in total. The summed E-state index contributed by atoms with van der Waals surface area (Å²) in [6.07, 6.45) is 2.20. The Labute approximate surface area is 201 Å². The SMILES string of the molecule is CC(CC(=O)N(CC(=O)N1CCc2sccc2C1c1ccc(F)cc1)C(C)C)CC(C)(C)C. The average molecular weight is 473 g/mol. The number of hydrogen-bond donors (Lipinski definition) is 0. The van der Waals surface area contributed by atoms with E-state index < -0.39 is 0 Å². The number of carbonyl (C=O) groups is 2. The Morgan fingerprint density at radius 1 is 1.15 bits per heavy atom. The topological polar surface area (TPSA) is 40.6 Å². The number of amides is 2. The van der Waals surface area contributed by atoms with Crippen molar-refractivity contribution in [2.45, 2.75) is 72.9 Å². The minimum absolute atomic E-state index is 0.0293. The van der Waals surface area contributed by atoms with Crippen LogP contribution in [0.1, 0.15) is 76.4 Å². The van der Waals surface area contributed by atoms with E-state index in [4.69, 9.17) is 0 Å². The number of fused-ring (bicyclic) bond motifs is 1. The molecule has 3 rings (SSSR count). The molecule has 1 aromatic carbocycles. The maximum absolute atomic E-state index is 13.6. The Kier molecular flexibility index (Phi) is 7.99. The lowest BCUT2D eigenvalue weighted by molar-refractivity contribution is -0.143. The molecular weight excluding hydrogens is 435 g/mol. The van der Waals surface area contributed by atoms with E-state index in [2.05, 4.69) is 39.1 Å². The monoisotopic (exact) mass is 472 g/mol. The molecule has 0 spiro atoms. The van der Waals surface area contributed by atoms with Gasteiger partial charge in [0.1, 0.15) is 12.4 Å². The van der Waals surface area contributed by atoms with Gasteiger partial charge in [0.25, 0.3) is 0 Å². The van der Waals surface area contributed by atoms with Crippen LogP contribution in [0, 0.1) is 17.2 Å². The maximum Gasteiger partial charge on any atom is 0.243 e. The third kappa shape index (κ3) is 6.44. The highest BCUT2D eigenvalue weighted by atomic mass is 32.1. The van der Waals surface area contributed by atoms with E-state index in [9.17, 15) is 14.0 Å². The van der Waals surface area contributed by atoms with E-state index in [0.29, 0.717) is 13.0 Å². The number of benzene rings is 1. The number of carbonyl (C=O) groups excluding carboxylic acids is 2. The van der Waals surface area contributed by atoms with Crippen LogP contribution in [0.3, 0.4) is 0 Å². The Morgan fingerprint density at radius 2 is 1.82 bits per heavy atom. The molecule has 0 bridgehead atoms. The van der Waals surface area contributed by atoms with Crippen molar-refractivity contribution in [3.8, 4) is 0 Å². The molecule has 0 aliphatic carbocycles. The minimum atomic E-state index is -0.293. The average Bonchev–Trinajstić information content (AvgIpc) is 3.18. The van der Waals surface area contributed by atoms with Crippen molar-refractivity contribution in [3.63, 3.8) is 0 Å². The first-order valence-electron chi connectivity index (χ1n) is 11.9. The number of halogens is 1. The summed E-state index contributed by atoms with van der Waals surface area (Å²) in [5.74, 6) is -0.0727. The quantitative estimate of drug-likeness (QED) is 0.491. The summed E-state index contributed by atoms with van der Waals surface area (Å²) in [6.45, 7) is 13.2. The second-order valence-electron chi connectivity index (χ2n) is 10.8. The van der Waals surface area contributed by atoms with E-state index in [1.807, 2.05) is 18.7 Å². The lowest BCUT2D eigenvalue weighted by Gasteiger charge is -2.38. The van der Waals surface area contributed by atoms with E-state index in [-0.39, 0.29) is 47.6 Å². The van der Waals surface area contributed by atoms with Crippen LogP contribution in [0.4, 0.5) is 4.39 Å². The predicted molar refractivity (Wildman–Crippen MR) is 133 cm³/mol. The number of nitrogens with zero attached hydrogens (tertiary/aromatic N) is 2. The molecule has 0 saturated carbocycles. The van der Waals surface area contributed by atoms with Crippen LogP contribution in [0.15, 0.2) is 35.7 Å². The zero-order valence-corrected chi connectivity index (χ0v) is 21.5. The smallest absolute Gasteiger partial charge is 0.243 e. The van der Waals surface area contributed by atoms with Crippen molar-refractivity contribution < 1.29 is 14.0 Å². The molecule has 2 unspecified atom stereocenters. The summed E-state index contributed by atoms with van der Waals surface area (Å²) in [5.41, 5.74) is 2.16. The van der Waals surface area contributed by atoms with Gasteiger partial charge >= 0.3 is 0 Å². The van der Waals surface area contributed by atoms with Gasteiger partial charge in [0.2, 0.25) is 11.8 Å². The molecule has 2 heterocycles. The van der Waals surface area contributed by atoms with Crippen molar-refractivity contribution in [1.29, 1.82) is 0 Å². The third-order valence-electron chi connectivity index (χ3n) is 6.21. The molecule has 6 heteroatoms. The fourth-order valence-corrected chi connectivity index (χ4v) is 5.82. The van der Waals surface area contributed by atoms with Gasteiger partial charge in [-0.2, -0.15) is 0 Å². The van der Waals surface area contributed by atoms with Crippen LogP contribution < -0.4 is 0 Å². The fourth-order valence-electron chi connectivity index (χ4n) is 4.92. The zero-order chi connectivity index (χ0) is 24.3. The maximum atomic E-state index is 13.6. The Balaban J connectivity index is 1.79. The van der Waals surface area contributed by atoms with Crippen LogP contribution >= 0.6 is 11.3 Å².